The minimum atomic E-state index is -0.485. The molecule has 27 heavy (non-hydrogen) atoms. The van der Waals surface area contributed by atoms with Crippen LogP contribution < -0.4 is 9.47 Å². The molecule has 0 atom stereocenters. The van der Waals surface area contributed by atoms with Gasteiger partial charge in [-0.05, 0) is 43.7 Å². The number of esters is 2. The molecule has 0 aliphatic heterocycles. The van der Waals surface area contributed by atoms with Gasteiger partial charge in [-0.3, -0.25) is 9.59 Å². The van der Waals surface area contributed by atoms with E-state index in [9.17, 15) is 9.59 Å². The van der Waals surface area contributed by atoms with Crippen molar-refractivity contribution in [2.45, 2.75) is 27.7 Å². The van der Waals surface area contributed by atoms with Crippen molar-refractivity contribution in [1.82, 2.24) is 15.0 Å². The number of aromatic nitrogens is 3. The average Bonchev–Trinajstić information content (AvgIpc) is 3.03. The molecular formula is C20H19N3O4. The van der Waals surface area contributed by atoms with Crippen LogP contribution in [-0.4, -0.2) is 26.9 Å². The summed E-state index contributed by atoms with van der Waals surface area (Å²) in [4.78, 5) is 23.1. The molecule has 0 amide bonds. The van der Waals surface area contributed by atoms with Gasteiger partial charge in [0.15, 0.2) is 0 Å². The summed E-state index contributed by atoms with van der Waals surface area (Å²) in [6.07, 6.45) is 1.69. The first-order valence-electron chi connectivity index (χ1n) is 8.34. The topological polar surface area (TPSA) is 83.3 Å². The fraction of sp³-hybridized carbons (Fsp3) is 0.200. The van der Waals surface area contributed by atoms with Crippen molar-refractivity contribution in [3.8, 4) is 28.4 Å². The normalized spacial score (nSPS) is 10.5. The lowest BCUT2D eigenvalue weighted by Gasteiger charge is -2.13. The van der Waals surface area contributed by atoms with E-state index < -0.39 is 11.9 Å². The Morgan fingerprint density at radius 1 is 0.889 bits per heavy atom. The Morgan fingerprint density at radius 3 is 1.96 bits per heavy atom. The second-order valence-corrected chi connectivity index (χ2v) is 6.21. The van der Waals surface area contributed by atoms with Gasteiger partial charge >= 0.3 is 11.9 Å². The van der Waals surface area contributed by atoms with Crippen LogP contribution in [-0.2, 0) is 9.59 Å². The third-order valence-electron chi connectivity index (χ3n) is 3.77. The van der Waals surface area contributed by atoms with Crippen molar-refractivity contribution in [3.63, 3.8) is 0 Å². The molecule has 7 heteroatoms. The predicted molar refractivity (Wildman–Crippen MR) is 98.9 cm³/mol. The van der Waals surface area contributed by atoms with Crippen LogP contribution in [0, 0.1) is 13.8 Å². The summed E-state index contributed by atoms with van der Waals surface area (Å²) < 4.78 is 12.3. The average molecular weight is 365 g/mol. The third-order valence-corrected chi connectivity index (χ3v) is 3.77. The highest BCUT2D eigenvalue weighted by atomic mass is 16.5. The van der Waals surface area contributed by atoms with Gasteiger partial charge in [0.2, 0.25) is 0 Å². The number of carbonyl (C=O) groups excluding carboxylic acids is 2. The number of ether oxygens (including phenoxy) is 2. The Bertz CT molecular complexity index is 969. The molecule has 0 aliphatic rings. The number of hydrogen-bond donors (Lipinski definition) is 0. The lowest BCUT2D eigenvalue weighted by molar-refractivity contribution is -0.132. The Morgan fingerprint density at radius 2 is 1.44 bits per heavy atom. The van der Waals surface area contributed by atoms with E-state index in [4.69, 9.17) is 9.47 Å². The molecule has 7 nitrogen and oxygen atoms in total. The van der Waals surface area contributed by atoms with Crippen molar-refractivity contribution in [3.05, 3.63) is 53.7 Å². The minimum absolute atomic E-state index is 0.259. The summed E-state index contributed by atoms with van der Waals surface area (Å²) in [5.74, 6) is -0.451. The maximum Gasteiger partial charge on any atom is 0.308 e. The SMILES string of the molecule is CC(=O)Oc1cc(C)cc(OC(C)=O)c1-c1cn(-c2ccc(C)cc2)nn1. The molecule has 3 rings (SSSR count). The Hall–Kier alpha value is -3.48. The molecular weight excluding hydrogens is 346 g/mol. The van der Waals surface area contributed by atoms with Gasteiger partial charge in [-0.15, -0.1) is 5.10 Å². The smallest absolute Gasteiger partial charge is 0.308 e. The molecule has 0 radical (unpaired) electrons. The van der Waals surface area contributed by atoms with E-state index in [2.05, 4.69) is 10.3 Å². The third kappa shape index (κ3) is 4.20. The molecule has 1 heterocycles. The van der Waals surface area contributed by atoms with Crippen molar-refractivity contribution < 1.29 is 19.1 Å². The zero-order valence-corrected chi connectivity index (χ0v) is 15.5. The van der Waals surface area contributed by atoms with Gasteiger partial charge < -0.3 is 9.47 Å². The van der Waals surface area contributed by atoms with Crippen LogP contribution in [0.15, 0.2) is 42.6 Å². The maximum atomic E-state index is 11.5. The van der Waals surface area contributed by atoms with E-state index in [1.54, 1.807) is 23.0 Å². The molecule has 3 aromatic rings. The van der Waals surface area contributed by atoms with Crippen molar-refractivity contribution in [2.24, 2.45) is 0 Å². The van der Waals surface area contributed by atoms with E-state index in [0.717, 1.165) is 16.8 Å². The predicted octanol–water partition coefficient (Wildman–Crippen LogP) is 3.40. The fourth-order valence-corrected chi connectivity index (χ4v) is 2.65. The summed E-state index contributed by atoms with van der Waals surface area (Å²) in [6, 6.07) is 11.2. The molecule has 0 saturated heterocycles. The molecule has 2 aromatic carbocycles. The lowest BCUT2D eigenvalue weighted by atomic mass is 10.1. The lowest BCUT2D eigenvalue weighted by Crippen LogP contribution is -2.07. The van der Waals surface area contributed by atoms with Gasteiger partial charge in [0.25, 0.3) is 0 Å². The highest BCUT2D eigenvalue weighted by Gasteiger charge is 2.20. The van der Waals surface area contributed by atoms with Crippen LogP contribution in [0.3, 0.4) is 0 Å². The molecule has 0 saturated carbocycles. The quantitative estimate of drug-likeness (QED) is 0.520. The maximum absolute atomic E-state index is 11.5. The minimum Gasteiger partial charge on any atom is -0.426 e. The molecule has 138 valence electrons. The number of carbonyl (C=O) groups is 2. The van der Waals surface area contributed by atoms with E-state index in [-0.39, 0.29) is 11.5 Å². The summed E-state index contributed by atoms with van der Waals surface area (Å²) in [5, 5.41) is 8.32. The summed E-state index contributed by atoms with van der Waals surface area (Å²) >= 11 is 0. The first-order valence-corrected chi connectivity index (χ1v) is 8.34. The number of nitrogens with zero attached hydrogens (tertiary/aromatic N) is 3. The van der Waals surface area contributed by atoms with E-state index >= 15 is 0 Å². The second kappa shape index (κ2) is 7.41. The zero-order chi connectivity index (χ0) is 19.6. The molecule has 1 aromatic heterocycles. The Balaban J connectivity index is 2.12. The standard InChI is InChI=1S/C20H19N3O4/c1-12-5-7-16(8-6-12)23-11-17(21-22-23)20-18(26-14(3)24)9-13(2)10-19(20)27-15(4)25/h5-11H,1-4H3. The largest absolute Gasteiger partial charge is 0.426 e. The Labute approximate surface area is 156 Å². The van der Waals surface area contributed by atoms with Crippen molar-refractivity contribution in [1.29, 1.82) is 0 Å². The van der Waals surface area contributed by atoms with Crippen LogP contribution in [0.1, 0.15) is 25.0 Å². The fourth-order valence-electron chi connectivity index (χ4n) is 2.65. The van der Waals surface area contributed by atoms with Gasteiger partial charge in [0.1, 0.15) is 17.2 Å². The number of aryl methyl sites for hydroxylation is 2. The number of rotatable bonds is 4. The van der Waals surface area contributed by atoms with Crippen LogP contribution in [0.5, 0.6) is 11.5 Å². The summed E-state index contributed by atoms with van der Waals surface area (Å²) in [5.41, 5.74) is 3.55. The first-order chi connectivity index (χ1) is 12.8. The monoisotopic (exact) mass is 365 g/mol. The van der Waals surface area contributed by atoms with Gasteiger partial charge in [0.05, 0.1) is 17.4 Å². The molecule has 0 spiro atoms. The number of benzene rings is 2. The highest BCUT2D eigenvalue weighted by molar-refractivity contribution is 5.82. The van der Waals surface area contributed by atoms with E-state index in [0.29, 0.717) is 11.3 Å². The van der Waals surface area contributed by atoms with Gasteiger partial charge in [0, 0.05) is 13.8 Å². The molecule has 0 bridgehead atoms. The van der Waals surface area contributed by atoms with Crippen LogP contribution in [0.4, 0.5) is 0 Å². The van der Waals surface area contributed by atoms with Crippen LogP contribution in [0.25, 0.3) is 16.9 Å². The van der Waals surface area contributed by atoms with Crippen molar-refractivity contribution in [2.75, 3.05) is 0 Å². The second-order valence-electron chi connectivity index (χ2n) is 6.21. The zero-order valence-electron chi connectivity index (χ0n) is 15.5. The van der Waals surface area contributed by atoms with E-state index in [1.807, 2.05) is 38.1 Å². The molecule has 0 aliphatic carbocycles. The Kier molecular flexibility index (Phi) is 5.03. The van der Waals surface area contributed by atoms with Crippen LogP contribution >= 0.6 is 0 Å². The van der Waals surface area contributed by atoms with Crippen LogP contribution in [0.2, 0.25) is 0 Å². The molecule has 0 unspecified atom stereocenters. The van der Waals surface area contributed by atoms with E-state index in [1.165, 1.54) is 13.8 Å². The number of hydrogen-bond acceptors (Lipinski definition) is 6. The van der Waals surface area contributed by atoms with Gasteiger partial charge in [-0.2, -0.15) is 0 Å². The highest BCUT2D eigenvalue weighted by Crippen LogP contribution is 2.39. The molecule has 0 fully saturated rings. The summed E-state index contributed by atoms with van der Waals surface area (Å²) in [7, 11) is 0. The first kappa shape index (κ1) is 18.3. The molecule has 0 N–H and O–H groups in total. The van der Waals surface area contributed by atoms with Gasteiger partial charge in [-0.1, -0.05) is 22.9 Å². The summed E-state index contributed by atoms with van der Waals surface area (Å²) in [6.45, 7) is 6.42. The van der Waals surface area contributed by atoms with Gasteiger partial charge in [-0.25, -0.2) is 4.68 Å². The van der Waals surface area contributed by atoms with Crippen molar-refractivity contribution >= 4 is 11.9 Å².